The van der Waals surface area contributed by atoms with Crippen LogP contribution in [-0.2, 0) is 11.2 Å². The largest absolute Gasteiger partial charge is 0.480 e. The summed E-state index contributed by atoms with van der Waals surface area (Å²) in [5.41, 5.74) is 1.49. The summed E-state index contributed by atoms with van der Waals surface area (Å²) in [4.78, 5) is 25.3. The molecule has 0 spiro atoms. The minimum absolute atomic E-state index is 0.0628. The third-order valence-corrected chi connectivity index (χ3v) is 4.12. The molecule has 0 aliphatic carbocycles. The van der Waals surface area contributed by atoms with Crippen molar-refractivity contribution in [2.24, 2.45) is 5.41 Å². The number of urea groups is 1. The van der Waals surface area contributed by atoms with Gasteiger partial charge in [-0.1, -0.05) is 39.0 Å². The first kappa shape index (κ1) is 15.4. The number of amides is 2. The molecule has 1 aromatic carbocycles. The molecule has 2 amide bonds. The van der Waals surface area contributed by atoms with Crippen LogP contribution in [0, 0.1) is 5.41 Å². The van der Waals surface area contributed by atoms with E-state index in [1.165, 1.54) is 4.90 Å². The van der Waals surface area contributed by atoms with Gasteiger partial charge in [0.25, 0.3) is 0 Å². The van der Waals surface area contributed by atoms with Crippen LogP contribution < -0.4 is 10.2 Å². The molecule has 0 fully saturated rings. The number of nitrogens with zero attached hydrogens (tertiary/aromatic N) is 1. The fourth-order valence-corrected chi connectivity index (χ4v) is 2.31. The number of hydrogen-bond acceptors (Lipinski definition) is 2. The van der Waals surface area contributed by atoms with Crippen LogP contribution in [0.4, 0.5) is 10.5 Å². The summed E-state index contributed by atoms with van der Waals surface area (Å²) >= 11 is 0. The van der Waals surface area contributed by atoms with Gasteiger partial charge in [-0.05, 0) is 24.0 Å². The van der Waals surface area contributed by atoms with Crippen molar-refractivity contribution in [2.75, 3.05) is 4.90 Å². The van der Waals surface area contributed by atoms with Gasteiger partial charge in [0.1, 0.15) is 6.04 Å². The highest BCUT2D eigenvalue weighted by Crippen LogP contribution is 2.32. The molecule has 0 radical (unpaired) electrons. The molecule has 21 heavy (non-hydrogen) atoms. The van der Waals surface area contributed by atoms with Gasteiger partial charge in [0.2, 0.25) is 0 Å². The van der Waals surface area contributed by atoms with Gasteiger partial charge in [-0.25, -0.2) is 9.59 Å². The molecule has 5 heteroatoms. The molecule has 1 aromatic rings. The van der Waals surface area contributed by atoms with E-state index in [0.717, 1.165) is 5.56 Å². The summed E-state index contributed by atoms with van der Waals surface area (Å²) in [7, 11) is 0. The first-order valence-electron chi connectivity index (χ1n) is 7.12. The van der Waals surface area contributed by atoms with Crippen LogP contribution in [0.2, 0.25) is 0 Å². The predicted molar refractivity (Wildman–Crippen MR) is 81.5 cm³/mol. The van der Waals surface area contributed by atoms with Gasteiger partial charge in [0.05, 0.1) is 0 Å². The van der Waals surface area contributed by atoms with Gasteiger partial charge in [0, 0.05) is 18.2 Å². The first-order chi connectivity index (χ1) is 9.71. The lowest BCUT2D eigenvalue weighted by atomic mass is 9.88. The average Bonchev–Trinajstić information content (AvgIpc) is 2.76. The van der Waals surface area contributed by atoms with Crippen molar-refractivity contribution in [3.8, 4) is 0 Å². The topological polar surface area (TPSA) is 69.6 Å². The molecule has 114 valence electrons. The number of carboxylic acids is 1. The minimum Gasteiger partial charge on any atom is -0.480 e. The van der Waals surface area contributed by atoms with E-state index in [-0.39, 0.29) is 17.5 Å². The normalized spacial score (nSPS) is 19.0. The molecule has 0 saturated carbocycles. The van der Waals surface area contributed by atoms with Crippen LogP contribution in [-0.4, -0.2) is 29.2 Å². The molecule has 5 nitrogen and oxygen atoms in total. The Labute approximate surface area is 125 Å². The zero-order valence-corrected chi connectivity index (χ0v) is 12.9. The molecule has 1 heterocycles. The highest BCUT2D eigenvalue weighted by atomic mass is 16.4. The smallest absolute Gasteiger partial charge is 0.327 e. The maximum absolute atomic E-state index is 12.5. The fraction of sp³-hybridized carbons (Fsp3) is 0.500. The van der Waals surface area contributed by atoms with E-state index >= 15 is 0 Å². The summed E-state index contributed by atoms with van der Waals surface area (Å²) in [6.45, 7) is 8.02. The number of carbonyl (C=O) groups is 2. The Morgan fingerprint density at radius 2 is 1.95 bits per heavy atom. The van der Waals surface area contributed by atoms with Crippen LogP contribution in [0.15, 0.2) is 24.3 Å². The third kappa shape index (κ3) is 3.01. The summed E-state index contributed by atoms with van der Waals surface area (Å²) < 4.78 is 0. The molecule has 2 rings (SSSR count). The van der Waals surface area contributed by atoms with Crippen molar-refractivity contribution in [3.05, 3.63) is 29.8 Å². The highest BCUT2D eigenvalue weighted by molar-refractivity contribution is 6.01. The Balaban J connectivity index is 2.27. The predicted octanol–water partition coefficient (Wildman–Crippen LogP) is 2.65. The Morgan fingerprint density at radius 1 is 1.33 bits per heavy atom. The first-order valence-corrected chi connectivity index (χ1v) is 7.12. The molecule has 1 unspecified atom stereocenters. The number of hydrogen-bond donors (Lipinski definition) is 2. The van der Waals surface area contributed by atoms with Crippen LogP contribution in [0.3, 0.4) is 0 Å². The van der Waals surface area contributed by atoms with E-state index in [4.69, 9.17) is 0 Å². The molecular formula is C16H22N2O3. The maximum atomic E-state index is 12.5. The summed E-state index contributed by atoms with van der Waals surface area (Å²) in [6.07, 6.45) is 0.350. The fourth-order valence-electron chi connectivity index (χ4n) is 2.31. The number of carbonyl (C=O) groups excluding carboxylic acids is 1. The number of para-hydroxylation sites is 1. The average molecular weight is 290 g/mol. The van der Waals surface area contributed by atoms with Crippen molar-refractivity contribution >= 4 is 17.7 Å². The number of aliphatic carboxylic acids is 1. The van der Waals surface area contributed by atoms with Gasteiger partial charge >= 0.3 is 12.0 Å². The minimum atomic E-state index is -0.982. The zero-order chi connectivity index (χ0) is 15.8. The highest BCUT2D eigenvalue weighted by Gasteiger charge is 2.39. The van der Waals surface area contributed by atoms with Crippen LogP contribution >= 0.6 is 0 Å². The molecule has 1 aliphatic heterocycles. The third-order valence-electron chi connectivity index (χ3n) is 4.12. The van der Waals surface area contributed by atoms with Gasteiger partial charge in [-0.2, -0.15) is 0 Å². The second-order valence-corrected chi connectivity index (χ2v) is 6.59. The second-order valence-electron chi connectivity index (χ2n) is 6.59. The lowest BCUT2D eigenvalue weighted by Crippen LogP contribution is -2.52. The van der Waals surface area contributed by atoms with E-state index in [0.29, 0.717) is 12.1 Å². The van der Waals surface area contributed by atoms with Crippen LogP contribution in [0.5, 0.6) is 0 Å². The Morgan fingerprint density at radius 3 is 2.52 bits per heavy atom. The van der Waals surface area contributed by atoms with Crippen molar-refractivity contribution in [1.29, 1.82) is 0 Å². The number of carboxylic acid groups (broad SMARTS) is 1. The molecule has 0 aromatic heterocycles. The van der Waals surface area contributed by atoms with E-state index in [1.54, 1.807) is 6.07 Å². The van der Waals surface area contributed by atoms with Crippen LogP contribution in [0.1, 0.15) is 33.3 Å². The SMILES string of the molecule is CC(NC(=O)N1c2ccccc2C[C@H]1C(=O)O)C(C)(C)C. The summed E-state index contributed by atoms with van der Waals surface area (Å²) in [6, 6.07) is 6.08. The number of anilines is 1. The number of rotatable bonds is 2. The zero-order valence-electron chi connectivity index (χ0n) is 12.9. The van der Waals surface area contributed by atoms with E-state index in [1.807, 2.05) is 45.9 Å². The monoisotopic (exact) mass is 290 g/mol. The van der Waals surface area contributed by atoms with E-state index in [2.05, 4.69) is 5.32 Å². The summed E-state index contributed by atoms with van der Waals surface area (Å²) in [5, 5.41) is 12.3. The number of fused-ring (bicyclic) bond motifs is 1. The molecule has 2 N–H and O–H groups in total. The second kappa shape index (κ2) is 5.39. The van der Waals surface area contributed by atoms with Crippen molar-refractivity contribution in [3.63, 3.8) is 0 Å². The molecule has 0 bridgehead atoms. The van der Waals surface area contributed by atoms with E-state index in [9.17, 15) is 14.7 Å². The maximum Gasteiger partial charge on any atom is 0.327 e. The Kier molecular flexibility index (Phi) is 3.94. The van der Waals surface area contributed by atoms with Gasteiger partial charge in [-0.3, -0.25) is 4.90 Å². The number of nitrogens with one attached hydrogen (secondary N) is 1. The Hall–Kier alpha value is -2.04. The Bertz CT molecular complexity index is 563. The molecular weight excluding hydrogens is 268 g/mol. The van der Waals surface area contributed by atoms with Gasteiger partial charge in [0.15, 0.2) is 0 Å². The van der Waals surface area contributed by atoms with Gasteiger partial charge in [-0.15, -0.1) is 0 Å². The van der Waals surface area contributed by atoms with Crippen LogP contribution in [0.25, 0.3) is 0 Å². The number of benzene rings is 1. The lowest BCUT2D eigenvalue weighted by molar-refractivity contribution is -0.138. The lowest BCUT2D eigenvalue weighted by Gasteiger charge is -2.31. The quantitative estimate of drug-likeness (QED) is 0.879. The molecule has 1 aliphatic rings. The van der Waals surface area contributed by atoms with Crippen molar-refractivity contribution in [1.82, 2.24) is 5.32 Å². The van der Waals surface area contributed by atoms with Crippen molar-refractivity contribution < 1.29 is 14.7 Å². The molecule has 0 saturated heterocycles. The van der Waals surface area contributed by atoms with Crippen molar-refractivity contribution in [2.45, 2.75) is 46.2 Å². The summed E-state index contributed by atoms with van der Waals surface area (Å²) in [5.74, 6) is -0.982. The molecule has 2 atom stereocenters. The van der Waals surface area contributed by atoms with E-state index < -0.39 is 12.0 Å². The standard InChI is InChI=1S/C16H22N2O3/c1-10(16(2,3)4)17-15(21)18-12-8-6-5-7-11(12)9-13(18)14(19)20/h5-8,10,13H,9H2,1-4H3,(H,17,21)(H,19,20)/t10?,13-/m0/s1. The van der Waals surface area contributed by atoms with Gasteiger partial charge < -0.3 is 10.4 Å².